The predicted octanol–water partition coefficient (Wildman–Crippen LogP) is 5.52. The number of aliphatic hydroxyl groups excluding tert-OH is 2. The molecule has 0 saturated carbocycles. The summed E-state index contributed by atoms with van der Waals surface area (Å²) in [4.78, 5) is 3.43. The summed E-state index contributed by atoms with van der Waals surface area (Å²) in [6.07, 6.45) is 11.6. The van der Waals surface area contributed by atoms with Crippen molar-refractivity contribution in [2.75, 3.05) is 13.2 Å². The highest BCUT2D eigenvalue weighted by molar-refractivity contribution is 6.10. The van der Waals surface area contributed by atoms with Crippen LogP contribution in [0.4, 0.5) is 0 Å². The topological polar surface area (TPSA) is 86.7 Å². The summed E-state index contributed by atoms with van der Waals surface area (Å²) in [5.74, 6) is 1.65. The fraction of sp³-hybridized carbons (Fsp3) is 0.419. The van der Waals surface area contributed by atoms with E-state index in [2.05, 4.69) is 42.4 Å². The van der Waals surface area contributed by atoms with E-state index in [9.17, 15) is 10.2 Å². The number of ether oxygens (including phenoxy) is 2. The van der Waals surface area contributed by atoms with Crippen molar-refractivity contribution < 1.29 is 19.7 Å². The lowest BCUT2D eigenvalue weighted by atomic mass is 9.87. The van der Waals surface area contributed by atoms with Crippen molar-refractivity contribution in [2.24, 2.45) is 0 Å². The SMILES string of the molecule is CC(C)(CC1=CCC(OC2=CCC(O)C=C2)CC1)NC[C@H](O)COc1cccc2[nH]c3ccccc3c12. The molecule has 196 valence electrons. The molecule has 0 bridgehead atoms. The zero-order valence-corrected chi connectivity index (χ0v) is 21.7. The molecule has 37 heavy (non-hydrogen) atoms. The first-order chi connectivity index (χ1) is 17.9. The van der Waals surface area contributed by atoms with Gasteiger partial charge in [-0.2, -0.15) is 0 Å². The number of nitrogens with one attached hydrogen (secondary N) is 2. The summed E-state index contributed by atoms with van der Waals surface area (Å²) in [6.45, 7) is 5.05. The Morgan fingerprint density at radius 3 is 2.70 bits per heavy atom. The minimum atomic E-state index is -0.617. The van der Waals surface area contributed by atoms with Gasteiger partial charge in [-0.1, -0.05) is 42.0 Å². The fourth-order valence-electron chi connectivity index (χ4n) is 5.26. The first kappa shape index (κ1) is 25.6. The normalized spacial score (nSPS) is 21.1. The van der Waals surface area contributed by atoms with Crippen LogP contribution in [0.15, 0.2) is 78.1 Å². The molecule has 2 aliphatic carbocycles. The summed E-state index contributed by atoms with van der Waals surface area (Å²) in [7, 11) is 0. The zero-order valence-electron chi connectivity index (χ0n) is 21.7. The van der Waals surface area contributed by atoms with E-state index in [1.807, 2.05) is 42.5 Å². The van der Waals surface area contributed by atoms with E-state index in [4.69, 9.17) is 9.47 Å². The summed E-state index contributed by atoms with van der Waals surface area (Å²) < 4.78 is 12.2. The molecule has 0 amide bonds. The molecule has 0 aliphatic heterocycles. The van der Waals surface area contributed by atoms with E-state index in [0.717, 1.165) is 59.0 Å². The van der Waals surface area contributed by atoms with E-state index in [0.29, 0.717) is 13.0 Å². The number of para-hydroxylation sites is 1. The van der Waals surface area contributed by atoms with Crippen molar-refractivity contribution in [3.8, 4) is 5.75 Å². The Bertz CT molecular complexity index is 1320. The van der Waals surface area contributed by atoms with E-state index < -0.39 is 6.10 Å². The maximum absolute atomic E-state index is 10.7. The van der Waals surface area contributed by atoms with Crippen LogP contribution in [0.3, 0.4) is 0 Å². The van der Waals surface area contributed by atoms with Crippen molar-refractivity contribution in [1.82, 2.24) is 10.3 Å². The van der Waals surface area contributed by atoms with Crippen LogP contribution in [-0.2, 0) is 4.74 Å². The highest BCUT2D eigenvalue weighted by atomic mass is 16.5. The monoisotopic (exact) mass is 502 g/mol. The second-order valence-electron chi connectivity index (χ2n) is 10.9. The lowest BCUT2D eigenvalue weighted by Crippen LogP contribution is -2.45. The van der Waals surface area contributed by atoms with Gasteiger partial charge in [0.2, 0.25) is 0 Å². The van der Waals surface area contributed by atoms with Crippen molar-refractivity contribution in [3.05, 3.63) is 78.1 Å². The van der Waals surface area contributed by atoms with Crippen LogP contribution >= 0.6 is 0 Å². The molecule has 3 atom stereocenters. The van der Waals surface area contributed by atoms with Crippen LogP contribution in [0.1, 0.15) is 46.0 Å². The van der Waals surface area contributed by atoms with Gasteiger partial charge in [-0.3, -0.25) is 0 Å². The maximum atomic E-state index is 10.7. The molecule has 1 heterocycles. The van der Waals surface area contributed by atoms with Gasteiger partial charge in [0.1, 0.15) is 30.3 Å². The minimum absolute atomic E-state index is 0.137. The molecule has 3 aromatic rings. The van der Waals surface area contributed by atoms with Crippen LogP contribution in [0.2, 0.25) is 0 Å². The zero-order chi connectivity index (χ0) is 25.8. The highest BCUT2D eigenvalue weighted by Gasteiger charge is 2.24. The molecule has 2 unspecified atom stereocenters. The van der Waals surface area contributed by atoms with Crippen molar-refractivity contribution in [1.29, 1.82) is 0 Å². The van der Waals surface area contributed by atoms with Gasteiger partial charge in [0.15, 0.2) is 0 Å². The third-order valence-corrected chi connectivity index (χ3v) is 7.21. The smallest absolute Gasteiger partial charge is 0.129 e. The van der Waals surface area contributed by atoms with Gasteiger partial charge in [0, 0.05) is 34.8 Å². The second kappa shape index (κ2) is 11.1. The fourth-order valence-corrected chi connectivity index (χ4v) is 5.26. The Morgan fingerprint density at radius 1 is 1.08 bits per heavy atom. The highest BCUT2D eigenvalue weighted by Crippen LogP contribution is 2.33. The molecule has 5 rings (SSSR count). The number of rotatable bonds is 10. The second-order valence-corrected chi connectivity index (χ2v) is 10.9. The number of β-amino-alcohol motifs (C(OH)–C–C–N with tert-alkyl or cyclic N) is 1. The first-order valence-electron chi connectivity index (χ1n) is 13.3. The average Bonchev–Trinajstić information content (AvgIpc) is 3.28. The summed E-state index contributed by atoms with van der Waals surface area (Å²) >= 11 is 0. The maximum Gasteiger partial charge on any atom is 0.129 e. The summed E-state index contributed by atoms with van der Waals surface area (Å²) in [6, 6.07) is 14.2. The molecule has 6 nitrogen and oxygen atoms in total. The molecular weight excluding hydrogens is 464 g/mol. The average molecular weight is 503 g/mol. The Labute approximate surface area is 218 Å². The van der Waals surface area contributed by atoms with Crippen LogP contribution in [0.25, 0.3) is 21.8 Å². The number of fused-ring (bicyclic) bond motifs is 3. The lowest BCUT2D eigenvalue weighted by Gasteiger charge is -2.31. The standard InChI is InChI=1S/C31H38N2O4/c1-31(2,18-21-10-14-24(15-11-21)37-25-16-12-22(34)13-17-25)32-19-23(35)20-36-29-9-5-8-28-30(29)26-6-3-4-7-27(26)33-28/h3-10,12,16-17,22-24,32-35H,11,13-15,18-20H2,1-2H3/t22?,23-,24?/m0/s1. The van der Waals surface area contributed by atoms with Gasteiger partial charge in [0.05, 0.1) is 11.6 Å². The third-order valence-electron chi connectivity index (χ3n) is 7.21. The lowest BCUT2D eigenvalue weighted by molar-refractivity contribution is 0.0985. The third kappa shape index (κ3) is 6.45. The van der Waals surface area contributed by atoms with Crippen molar-refractivity contribution >= 4 is 21.8 Å². The molecule has 0 radical (unpaired) electrons. The molecule has 0 saturated heterocycles. The van der Waals surface area contributed by atoms with Gasteiger partial charge in [-0.05, 0) is 69.9 Å². The Morgan fingerprint density at radius 2 is 1.92 bits per heavy atom. The molecular formula is C31H38N2O4. The number of H-pyrrole nitrogens is 1. The summed E-state index contributed by atoms with van der Waals surface area (Å²) in [5, 5.41) is 26.0. The van der Waals surface area contributed by atoms with E-state index in [1.54, 1.807) is 6.08 Å². The van der Waals surface area contributed by atoms with Crippen LogP contribution in [0.5, 0.6) is 5.75 Å². The molecule has 1 aromatic heterocycles. The quantitative estimate of drug-likeness (QED) is 0.274. The number of aromatic amines is 1. The Kier molecular flexibility index (Phi) is 7.70. The van der Waals surface area contributed by atoms with Gasteiger partial charge < -0.3 is 30.0 Å². The minimum Gasteiger partial charge on any atom is -0.490 e. The number of hydrogen-bond donors (Lipinski definition) is 4. The van der Waals surface area contributed by atoms with Crippen molar-refractivity contribution in [3.63, 3.8) is 0 Å². The van der Waals surface area contributed by atoms with Gasteiger partial charge >= 0.3 is 0 Å². The largest absolute Gasteiger partial charge is 0.490 e. The number of aliphatic hydroxyl groups is 2. The van der Waals surface area contributed by atoms with E-state index in [-0.39, 0.29) is 24.4 Å². The Balaban J connectivity index is 1.09. The first-order valence-corrected chi connectivity index (χ1v) is 13.3. The molecule has 6 heteroatoms. The van der Waals surface area contributed by atoms with Crippen molar-refractivity contribution in [2.45, 2.75) is 69.8 Å². The number of hydrogen-bond acceptors (Lipinski definition) is 5. The number of benzene rings is 2. The summed E-state index contributed by atoms with van der Waals surface area (Å²) in [5.41, 5.74) is 3.40. The van der Waals surface area contributed by atoms with Crippen LogP contribution in [0, 0.1) is 0 Å². The molecule has 2 aliphatic rings. The molecule has 2 aromatic carbocycles. The van der Waals surface area contributed by atoms with Gasteiger partial charge in [0.25, 0.3) is 0 Å². The molecule has 0 spiro atoms. The predicted molar refractivity (Wildman–Crippen MR) is 149 cm³/mol. The number of allylic oxidation sites excluding steroid dienone is 1. The van der Waals surface area contributed by atoms with Crippen LogP contribution in [-0.4, -0.2) is 52.2 Å². The molecule has 0 fully saturated rings. The van der Waals surface area contributed by atoms with E-state index >= 15 is 0 Å². The number of aromatic nitrogens is 1. The Hall–Kier alpha value is -3.06. The van der Waals surface area contributed by atoms with E-state index in [1.165, 1.54) is 5.57 Å². The van der Waals surface area contributed by atoms with Crippen LogP contribution < -0.4 is 10.1 Å². The van der Waals surface area contributed by atoms with Gasteiger partial charge in [-0.25, -0.2) is 0 Å². The molecule has 4 N–H and O–H groups in total. The van der Waals surface area contributed by atoms with Gasteiger partial charge in [-0.15, -0.1) is 0 Å².